The van der Waals surface area contributed by atoms with Crippen LogP contribution in [-0.2, 0) is 28.6 Å². The highest BCUT2D eigenvalue weighted by molar-refractivity contribution is 5.71. The van der Waals surface area contributed by atoms with Crippen molar-refractivity contribution in [3.05, 3.63) is 0 Å². The molecule has 51 heavy (non-hydrogen) atoms. The fraction of sp³-hybridized carbons (Fsp3) is 0.933. The molecule has 0 aliphatic rings. The van der Waals surface area contributed by atoms with Crippen molar-refractivity contribution in [1.82, 2.24) is 0 Å². The van der Waals surface area contributed by atoms with Crippen LogP contribution in [0, 0.1) is 5.92 Å². The molecule has 0 aromatic heterocycles. The summed E-state index contributed by atoms with van der Waals surface area (Å²) < 4.78 is 16.5. The van der Waals surface area contributed by atoms with Crippen LogP contribution in [0.2, 0.25) is 0 Å². The van der Waals surface area contributed by atoms with Crippen LogP contribution in [-0.4, -0.2) is 37.2 Å². The van der Waals surface area contributed by atoms with Gasteiger partial charge >= 0.3 is 17.9 Å². The molecule has 6 nitrogen and oxygen atoms in total. The van der Waals surface area contributed by atoms with Gasteiger partial charge in [-0.1, -0.05) is 207 Å². The lowest BCUT2D eigenvalue weighted by Crippen LogP contribution is -2.30. The third-order valence-electron chi connectivity index (χ3n) is 10.0. The third-order valence-corrected chi connectivity index (χ3v) is 10.0. The summed E-state index contributed by atoms with van der Waals surface area (Å²) in [6.45, 7) is 8.89. The molecule has 0 saturated carbocycles. The van der Waals surface area contributed by atoms with E-state index in [9.17, 15) is 14.4 Å². The summed E-state index contributed by atoms with van der Waals surface area (Å²) in [6.07, 6.45) is 38.6. The van der Waals surface area contributed by atoms with Crippen molar-refractivity contribution in [2.24, 2.45) is 5.92 Å². The molecule has 6 heteroatoms. The second-order valence-corrected chi connectivity index (χ2v) is 15.8. The van der Waals surface area contributed by atoms with Crippen LogP contribution in [0.3, 0.4) is 0 Å². The van der Waals surface area contributed by atoms with Gasteiger partial charge in [0.05, 0.1) is 0 Å². The highest BCUT2D eigenvalue weighted by Crippen LogP contribution is 2.16. The number of rotatable bonds is 40. The number of carbonyl (C=O) groups excluding carboxylic acids is 3. The topological polar surface area (TPSA) is 78.9 Å². The SMILES string of the molecule is CCCCCCCCCC(=O)OC[C@H](COC(=O)CCCCCCCCCCCCCCCCCCCCC(C)C)OC(=O)CCCCCCC. The maximum Gasteiger partial charge on any atom is 0.306 e. The molecule has 0 radical (unpaired) electrons. The summed E-state index contributed by atoms with van der Waals surface area (Å²) in [4.78, 5) is 37.2. The van der Waals surface area contributed by atoms with Gasteiger partial charge in [-0.25, -0.2) is 0 Å². The molecule has 0 aliphatic carbocycles. The van der Waals surface area contributed by atoms with Gasteiger partial charge in [0.1, 0.15) is 13.2 Å². The lowest BCUT2D eigenvalue weighted by Gasteiger charge is -2.18. The summed E-state index contributed by atoms with van der Waals surface area (Å²) in [7, 11) is 0. The van der Waals surface area contributed by atoms with Gasteiger partial charge < -0.3 is 14.2 Å². The summed E-state index contributed by atoms with van der Waals surface area (Å²) in [5.74, 6) is -0.0186. The normalized spacial score (nSPS) is 11.9. The highest BCUT2D eigenvalue weighted by atomic mass is 16.6. The highest BCUT2D eigenvalue weighted by Gasteiger charge is 2.19. The van der Waals surface area contributed by atoms with Gasteiger partial charge in [-0.2, -0.15) is 0 Å². The Morgan fingerprint density at radius 1 is 0.373 bits per heavy atom. The number of hydrogen-bond donors (Lipinski definition) is 0. The van der Waals surface area contributed by atoms with Crippen molar-refractivity contribution in [3.63, 3.8) is 0 Å². The average Bonchev–Trinajstić information content (AvgIpc) is 3.11. The second kappa shape index (κ2) is 39.6. The van der Waals surface area contributed by atoms with Crippen LogP contribution in [0.5, 0.6) is 0 Å². The van der Waals surface area contributed by atoms with Gasteiger partial charge in [0.15, 0.2) is 6.10 Å². The summed E-state index contributed by atoms with van der Waals surface area (Å²) in [5, 5.41) is 0. The minimum atomic E-state index is -0.755. The molecular weight excluding hydrogens is 636 g/mol. The monoisotopic (exact) mass is 723 g/mol. The van der Waals surface area contributed by atoms with E-state index in [0.29, 0.717) is 19.3 Å². The van der Waals surface area contributed by atoms with Crippen LogP contribution in [0.1, 0.15) is 246 Å². The number of esters is 3. The molecular formula is C45H86O6. The largest absolute Gasteiger partial charge is 0.462 e. The fourth-order valence-electron chi connectivity index (χ4n) is 6.63. The molecule has 0 unspecified atom stereocenters. The zero-order chi connectivity index (χ0) is 37.5. The first-order chi connectivity index (χ1) is 24.9. The molecule has 302 valence electrons. The molecule has 0 N–H and O–H groups in total. The van der Waals surface area contributed by atoms with E-state index >= 15 is 0 Å². The molecule has 1 atom stereocenters. The molecule has 0 heterocycles. The van der Waals surface area contributed by atoms with E-state index < -0.39 is 6.10 Å². The number of hydrogen-bond acceptors (Lipinski definition) is 6. The van der Waals surface area contributed by atoms with Crippen molar-refractivity contribution in [1.29, 1.82) is 0 Å². The average molecular weight is 723 g/mol. The van der Waals surface area contributed by atoms with Gasteiger partial charge in [0, 0.05) is 19.3 Å². The smallest absolute Gasteiger partial charge is 0.306 e. The van der Waals surface area contributed by atoms with Gasteiger partial charge in [0.25, 0.3) is 0 Å². The van der Waals surface area contributed by atoms with Crippen LogP contribution in [0.15, 0.2) is 0 Å². The first kappa shape index (κ1) is 49.4. The van der Waals surface area contributed by atoms with E-state index in [1.807, 2.05) is 0 Å². The maximum absolute atomic E-state index is 12.5. The zero-order valence-corrected chi connectivity index (χ0v) is 34.6. The molecule has 0 spiro atoms. The van der Waals surface area contributed by atoms with Crippen molar-refractivity contribution in [2.75, 3.05) is 13.2 Å². The van der Waals surface area contributed by atoms with E-state index in [0.717, 1.165) is 70.1 Å². The van der Waals surface area contributed by atoms with Crippen LogP contribution < -0.4 is 0 Å². The second-order valence-electron chi connectivity index (χ2n) is 15.8. The molecule has 0 amide bonds. The van der Waals surface area contributed by atoms with E-state index in [1.54, 1.807) is 0 Å². The number of ether oxygens (including phenoxy) is 3. The molecule has 0 saturated heterocycles. The number of unbranched alkanes of at least 4 members (excludes halogenated alkanes) is 27. The lowest BCUT2D eigenvalue weighted by atomic mass is 10.0. The van der Waals surface area contributed by atoms with E-state index in [1.165, 1.54) is 135 Å². The Labute approximate surface area is 317 Å². The van der Waals surface area contributed by atoms with Crippen molar-refractivity contribution in [2.45, 2.75) is 252 Å². The van der Waals surface area contributed by atoms with Crippen molar-refractivity contribution < 1.29 is 28.6 Å². The Kier molecular flexibility index (Phi) is 38.4. The minimum Gasteiger partial charge on any atom is -0.462 e. The third kappa shape index (κ3) is 39.5. The molecule has 0 aliphatic heterocycles. The molecule has 0 rings (SSSR count). The fourth-order valence-corrected chi connectivity index (χ4v) is 6.63. The summed E-state index contributed by atoms with van der Waals surface area (Å²) in [6, 6.07) is 0. The van der Waals surface area contributed by atoms with E-state index in [-0.39, 0.29) is 31.1 Å². The van der Waals surface area contributed by atoms with Gasteiger partial charge in [-0.3, -0.25) is 14.4 Å². The Morgan fingerprint density at radius 2 is 0.647 bits per heavy atom. The Balaban J connectivity index is 3.96. The van der Waals surface area contributed by atoms with Crippen molar-refractivity contribution in [3.8, 4) is 0 Å². The first-order valence-corrected chi connectivity index (χ1v) is 22.4. The Bertz CT molecular complexity index is 766. The first-order valence-electron chi connectivity index (χ1n) is 22.4. The van der Waals surface area contributed by atoms with E-state index in [2.05, 4.69) is 27.7 Å². The lowest BCUT2D eigenvalue weighted by molar-refractivity contribution is -0.167. The minimum absolute atomic E-state index is 0.0657. The predicted molar refractivity (Wildman–Crippen MR) is 215 cm³/mol. The Hall–Kier alpha value is -1.59. The van der Waals surface area contributed by atoms with Gasteiger partial charge in [0.2, 0.25) is 0 Å². The molecule has 0 fully saturated rings. The molecule has 0 aromatic carbocycles. The van der Waals surface area contributed by atoms with E-state index in [4.69, 9.17) is 14.2 Å². The maximum atomic E-state index is 12.5. The van der Waals surface area contributed by atoms with Gasteiger partial charge in [-0.15, -0.1) is 0 Å². The quantitative estimate of drug-likeness (QED) is 0.0356. The standard InChI is InChI=1S/C45H86O6/c1-5-7-9-11-24-29-32-36-43(46)49-39-42(51-45(48)38-34-27-10-8-6-2)40-50-44(47)37-33-30-26-23-21-19-17-15-13-12-14-16-18-20-22-25-28-31-35-41(3)4/h41-42H,5-40H2,1-4H3/t42-/m1/s1. The van der Waals surface area contributed by atoms with Crippen LogP contribution >= 0.6 is 0 Å². The predicted octanol–water partition coefficient (Wildman–Crippen LogP) is 13.9. The Morgan fingerprint density at radius 3 is 0.961 bits per heavy atom. The van der Waals surface area contributed by atoms with Crippen LogP contribution in [0.25, 0.3) is 0 Å². The zero-order valence-electron chi connectivity index (χ0n) is 34.6. The summed E-state index contributed by atoms with van der Waals surface area (Å²) >= 11 is 0. The van der Waals surface area contributed by atoms with Crippen LogP contribution in [0.4, 0.5) is 0 Å². The molecule has 0 bridgehead atoms. The molecule has 0 aromatic rings. The number of carbonyl (C=O) groups is 3. The van der Waals surface area contributed by atoms with Crippen molar-refractivity contribution >= 4 is 17.9 Å². The van der Waals surface area contributed by atoms with Gasteiger partial charge in [-0.05, 0) is 25.2 Å². The summed E-state index contributed by atoms with van der Waals surface area (Å²) in [5.41, 5.74) is 0.